The molecule has 0 heterocycles. The standard InChI is InChI=1S/C14H20O2S/c1-11(2)8-9-17-13(10-14(15)16)12-6-4-3-5-7-12/h3-7,11,13H,8-10H2,1-2H3,(H,15,16). The Morgan fingerprint density at radius 2 is 1.94 bits per heavy atom. The molecule has 3 heteroatoms. The number of benzene rings is 1. The zero-order valence-corrected chi connectivity index (χ0v) is 11.2. The van der Waals surface area contributed by atoms with Gasteiger partial charge < -0.3 is 5.11 Å². The molecule has 0 amide bonds. The fourth-order valence-corrected chi connectivity index (χ4v) is 3.05. The summed E-state index contributed by atoms with van der Waals surface area (Å²) in [5.41, 5.74) is 1.11. The molecule has 0 aliphatic heterocycles. The minimum absolute atomic E-state index is 0.0763. The second-order valence-corrected chi connectivity index (χ2v) is 5.86. The summed E-state index contributed by atoms with van der Waals surface area (Å²) >= 11 is 1.75. The second-order valence-electron chi connectivity index (χ2n) is 4.55. The van der Waals surface area contributed by atoms with E-state index in [1.165, 1.54) is 0 Å². The molecule has 1 unspecified atom stereocenters. The first kappa shape index (κ1) is 14.1. The fraction of sp³-hybridized carbons (Fsp3) is 0.500. The van der Waals surface area contributed by atoms with Gasteiger partial charge in [0.05, 0.1) is 6.42 Å². The van der Waals surface area contributed by atoms with E-state index in [-0.39, 0.29) is 11.7 Å². The van der Waals surface area contributed by atoms with Crippen LogP contribution in [0.3, 0.4) is 0 Å². The van der Waals surface area contributed by atoms with Crippen LogP contribution in [0.4, 0.5) is 0 Å². The van der Waals surface area contributed by atoms with Crippen molar-refractivity contribution in [3.8, 4) is 0 Å². The zero-order valence-electron chi connectivity index (χ0n) is 10.4. The lowest BCUT2D eigenvalue weighted by atomic mass is 10.1. The molecular formula is C14H20O2S. The van der Waals surface area contributed by atoms with Gasteiger partial charge in [-0.1, -0.05) is 44.2 Å². The van der Waals surface area contributed by atoms with E-state index in [9.17, 15) is 4.79 Å². The third kappa shape index (κ3) is 5.78. The van der Waals surface area contributed by atoms with E-state index >= 15 is 0 Å². The summed E-state index contributed by atoms with van der Waals surface area (Å²) in [4.78, 5) is 10.9. The number of carboxylic acids is 1. The molecule has 1 aromatic carbocycles. The summed E-state index contributed by atoms with van der Waals surface area (Å²) in [7, 11) is 0. The van der Waals surface area contributed by atoms with E-state index in [4.69, 9.17) is 5.11 Å². The van der Waals surface area contributed by atoms with E-state index in [0.717, 1.165) is 17.7 Å². The third-order valence-electron chi connectivity index (χ3n) is 2.55. The van der Waals surface area contributed by atoms with Gasteiger partial charge in [0, 0.05) is 5.25 Å². The highest BCUT2D eigenvalue weighted by Gasteiger charge is 2.15. The highest BCUT2D eigenvalue weighted by atomic mass is 32.2. The van der Waals surface area contributed by atoms with Crippen LogP contribution in [-0.2, 0) is 4.79 Å². The maximum absolute atomic E-state index is 10.9. The van der Waals surface area contributed by atoms with E-state index in [2.05, 4.69) is 13.8 Å². The normalized spacial score (nSPS) is 12.6. The van der Waals surface area contributed by atoms with Crippen molar-refractivity contribution in [1.82, 2.24) is 0 Å². The lowest BCUT2D eigenvalue weighted by Gasteiger charge is -2.15. The zero-order chi connectivity index (χ0) is 12.7. The molecule has 1 aromatic rings. The number of carboxylic acid groups (broad SMARTS) is 1. The first-order valence-electron chi connectivity index (χ1n) is 5.98. The average Bonchev–Trinajstić information content (AvgIpc) is 2.28. The molecule has 0 saturated heterocycles. The van der Waals surface area contributed by atoms with Gasteiger partial charge >= 0.3 is 5.97 Å². The SMILES string of the molecule is CC(C)CCSC(CC(=O)O)c1ccccc1. The van der Waals surface area contributed by atoms with Gasteiger partial charge in [-0.2, -0.15) is 11.8 Å². The van der Waals surface area contributed by atoms with E-state index in [1.807, 2.05) is 30.3 Å². The molecule has 0 aliphatic rings. The van der Waals surface area contributed by atoms with E-state index < -0.39 is 5.97 Å². The van der Waals surface area contributed by atoms with Gasteiger partial charge in [0.2, 0.25) is 0 Å². The topological polar surface area (TPSA) is 37.3 Å². The largest absolute Gasteiger partial charge is 0.481 e. The van der Waals surface area contributed by atoms with E-state index in [0.29, 0.717) is 5.92 Å². The Hall–Kier alpha value is -0.960. The summed E-state index contributed by atoms with van der Waals surface area (Å²) in [5, 5.41) is 9.02. The minimum atomic E-state index is -0.726. The molecule has 1 rings (SSSR count). The highest BCUT2D eigenvalue weighted by Crippen LogP contribution is 2.32. The second kappa shape index (κ2) is 7.38. The summed E-state index contributed by atoms with van der Waals surface area (Å²) < 4.78 is 0. The van der Waals surface area contributed by atoms with Crippen LogP contribution in [-0.4, -0.2) is 16.8 Å². The molecule has 0 fully saturated rings. The van der Waals surface area contributed by atoms with Gasteiger partial charge in [-0.15, -0.1) is 0 Å². The van der Waals surface area contributed by atoms with Crippen molar-refractivity contribution < 1.29 is 9.90 Å². The first-order valence-corrected chi connectivity index (χ1v) is 7.02. The van der Waals surface area contributed by atoms with Crippen molar-refractivity contribution in [3.63, 3.8) is 0 Å². The van der Waals surface area contributed by atoms with Crippen LogP contribution in [0.25, 0.3) is 0 Å². The molecular weight excluding hydrogens is 232 g/mol. The molecule has 0 saturated carbocycles. The van der Waals surface area contributed by atoms with Gasteiger partial charge in [-0.25, -0.2) is 0 Å². The monoisotopic (exact) mass is 252 g/mol. The van der Waals surface area contributed by atoms with Crippen LogP contribution < -0.4 is 0 Å². The number of rotatable bonds is 7. The molecule has 0 spiro atoms. The van der Waals surface area contributed by atoms with E-state index in [1.54, 1.807) is 11.8 Å². The van der Waals surface area contributed by atoms with Crippen LogP contribution in [0.1, 0.15) is 37.5 Å². The molecule has 0 radical (unpaired) electrons. The maximum Gasteiger partial charge on any atom is 0.304 e. The molecule has 2 nitrogen and oxygen atoms in total. The Kier molecular flexibility index (Phi) is 6.12. The van der Waals surface area contributed by atoms with Crippen molar-refractivity contribution in [2.75, 3.05) is 5.75 Å². The van der Waals surface area contributed by atoms with Crippen molar-refractivity contribution >= 4 is 17.7 Å². The van der Waals surface area contributed by atoms with Crippen molar-refractivity contribution in [1.29, 1.82) is 0 Å². The van der Waals surface area contributed by atoms with Crippen molar-refractivity contribution in [2.45, 2.75) is 31.9 Å². The predicted molar refractivity (Wildman–Crippen MR) is 73.3 cm³/mol. The summed E-state index contributed by atoms with van der Waals surface area (Å²) in [6.45, 7) is 4.38. The Balaban J connectivity index is 2.58. The molecule has 1 atom stereocenters. The summed E-state index contributed by atoms with van der Waals surface area (Å²) in [6.07, 6.45) is 1.33. The quantitative estimate of drug-likeness (QED) is 0.797. The number of hydrogen-bond acceptors (Lipinski definition) is 2. The predicted octanol–water partition coefficient (Wildman–Crippen LogP) is 3.98. The Labute approximate surface area is 107 Å². The van der Waals surface area contributed by atoms with Crippen LogP contribution in [0, 0.1) is 5.92 Å². The minimum Gasteiger partial charge on any atom is -0.481 e. The fourth-order valence-electron chi connectivity index (χ4n) is 1.55. The summed E-state index contributed by atoms with van der Waals surface area (Å²) in [5.74, 6) is 0.962. The number of hydrogen-bond donors (Lipinski definition) is 1. The number of thioether (sulfide) groups is 1. The smallest absolute Gasteiger partial charge is 0.304 e. The third-order valence-corrected chi connectivity index (χ3v) is 3.86. The Morgan fingerprint density at radius 1 is 1.29 bits per heavy atom. The van der Waals surface area contributed by atoms with Crippen LogP contribution in [0.5, 0.6) is 0 Å². The van der Waals surface area contributed by atoms with Gasteiger partial charge in [0.25, 0.3) is 0 Å². The Morgan fingerprint density at radius 3 is 2.47 bits per heavy atom. The average molecular weight is 252 g/mol. The maximum atomic E-state index is 10.9. The van der Waals surface area contributed by atoms with Crippen LogP contribution >= 0.6 is 11.8 Å². The summed E-state index contributed by atoms with van der Waals surface area (Å²) in [6, 6.07) is 9.91. The molecule has 94 valence electrons. The molecule has 1 N–H and O–H groups in total. The Bertz CT molecular complexity index is 335. The number of aliphatic carboxylic acids is 1. The van der Waals surface area contributed by atoms with Gasteiger partial charge in [-0.05, 0) is 23.7 Å². The van der Waals surface area contributed by atoms with Gasteiger partial charge in [-0.3, -0.25) is 4.79 Å². The van der Waals surface area contributed by atoms with Crippen LogP contribution in [0.15, 0.2) is 30.3 Å². The lowest BCUT2D eigenvalue weighted by Crippen LogP contribution is -2.04. The molecule has 0 aliphatic carbocycles. The van der Waals surface area contributed by atoms with Crippen LogP contribution in [0.2, 0.25) is 0 Å². The number of carbonyl (C=O) groups is 1. The van der Waals surface area contributed by atoms with Gasteiger partial charge in [0.15, 0.2) is 0 Å². The molecule has 0 aromatic heterocycles. The molecule has 0 bridgehead atoms. The molecule has 17 heavy (non-hydrogen) atoms. The van der Waals surface area contributed by atoms with Crippen molar-refractivity contribution in [2.24, 2.45) is 5.92 Å². The lowest BCUT2D eigenvalue weighted by molar-refractivity contribution is -0.137. The highest BCUT2D eigenvalue weighted by molar-refractivity contribution is 7.99. The first-order chi connectivity index (χ1) is 8.09. The van der Waals surface area contributed by atoms with Crippen molar-refractivity contribution in [3.05, 3.63) is 35.9 Å². The van der Waals surface area contributed by atoms with Gasteiger partial charge in [0.1, 0.15) is 0 Å².